The van der Waals surface area contributed by atoms with Crippen LogP contribution in [0.15, 0.2) is 51.8 Å². The Morgan fingerprint density at radius 2 is 2.18 bits per heavy atom. The molecule has 4 aromatic rings. The molecule has 1 amide bonds. The molecule has 1 aliphatic heterocycles. The van der Waals surface area contributed by atoms with Crippen molar-refractivity contribution in [2.24, 2.45) is 0 Å². The summed E-state index contributed by atoms with van der Waals surface area (Å²) in [6.45, 7) is 3.07. The molecule has 4 heterocycles. The second-order valence-electron chi connectivity index (χ2n) is 7.63. The number of carbonyl (C=O) groups is 1. The van der Waals surface area contributed by atoms with Crippen molar-refractivity contribution in [2.75, 3.05) is 32.9 Å². The van der Waals surface area contributed by atoms with Crippen LogP contribution >= 0.6 is 0 Å². The lowest BCUT2D eigenvalue weighted by molar-refractivity contribution is -0.143. The first kappa shape index (κ1) is 20.9. The maximum atomic E-state index is 12.7. The molecule has 1 fully saturated rings. The molecule has 11 nitrogen and oxygen atoms in total. The molecule has 0 aliphatic carbocycles. The zero-order valence-electron chi connectivity index (χ0n) is 17.8. The van der Waals surface area contributed by atoms with Gasteiger partial charge < -0.3 is 23.6 Å². The molecular weight excluding hydrogens is 430 g/mol. The van der Waals surface area contributed by atoms with Crippen LogP contribution in [0.25, 0.3) is 22.1 Å². The van der Waals surface area contributed by atoms with Gasteiger partial charge in [-0.3, -0.25) is 4.79 Å². The highest BCUT2D eigenvalue weighted by molar-refractivity contribution is 5.82. The van der Waals surface area contributed by atoms with Crippen LogP contribution in [-0.4, -0.2) is 70.0 Å². The van der Waals surface area contributed by atoms with Crippen LogP contribution in [0.3, 0.4) is 0 Å². The highest BCUT2D eigenvalue weighted by Crippen LogP contribution is 2.22. The maximum absolute atomic E-state index is 12.7. The molecule has 0 spiro atoms. The summed E-state index contributed by atoms with van der Waals surface area (Å²) in [6, 6.07) is 10.2. The van der Waals surface area contributed by atoms with Crippen molar-refractivity contribution in [3.05, 3.63) is 58.6 Å². The number of benzene rings is 1. The van der Waals surface area contributed by atoms with E-state index in [0.717, 1.165) is 10.9 Å². The molecule has 170 valence electrons. The Balaban J connectivity index is 1.17. The van der Waals surface area contributed by atoms with E-state index < -0.39 is 5.63 Å². The highest BCUT2D eigenvalue weighted by atomic mass is 16.7. The number of aryl methyl sites for hydroxylation is 1. The Bertz CT molecular complexity index is 1370. The van der Waals surface area contributed by atoms with Crippen LogP contribution in [0, 0.1) is 6.92 Å². The Kier molecular flexibility index (Phi) is 5.61. The van der Waals surface area contributed by atoms with E-state index in [1.54, 1.807) is 41.4 Å². The van der Waals surface area contributed by atoms with Gasteiger partial charge in [-0.25, -0.2) is 9.78 Å². The van der Waals surface area contributed by atoms with Crippen molar-refractivity contribution in [3.8, 4) is 5.75 Å². The number of hydrogen-bond acceptors (Lipinski definition) is 9. The zero-order valence-corrected chi connectivity index (χ0v) is 17.8. The molecule has 1 aliphatic rings. The predicted molar refractivity (Wildman–Crippen MR) is 116 cm³/mol. The number of amides is 1. The first-order chi connectivity index (χ1) is 16.1. The van der Waals surface area contributed by atoms with Crippen molar-refractivity contribution < 1.29 is 23.5 Å². The third-order valence-electron chi connectivity index (χ3n) is 5.34. The van der Waals surface area contributed by atoms with Crippen LogP contribution in [0.1, 0.15) is 5.56 Å². The van der Waals surface area contributed by atoms with E-state index >= 15 is 0 Å². The first-order valence-electron chi connectivity index (χ1n) is 10.4. The number of morpholine rings is 1. The van der Waals surface area contributed by atoms with Crippen LogP contribution < -0.4 is 15.2 Å². The number of fused-ring (bicyclic) bond motifs is 2. The predicted octanol–water partition coefficient (Wildman–Crippen LogP) is 0.976. The molecule has 5 rings (SSSR count). The van der Waals surface area contributed by atoms with Crippen molar-refractivity contribution in [1.82, 2.24) is 25.0 Å². The van der Waals surface area contributed by atoms with E-state index in [-0.39, 0.29) is 25.2 Å². The number of nitrogens with zero attached hydrogens (tertiary/aromatic N) is 5. The number of aromatic nitrogens is 4. The maximum Gasteiger partial charge on any atom is 0.336 e. The minimum Gasteiger partial charge on any atom is -0.484 e. The molecule has 33 heavy (non-hydrogen) atoms. The van der Waals surface area contributed by atoms with E-state index in [2.05, 4.69) is 15.3 Å². The molecule has 3 aromatic heterocycles. The van der Waals surface area contributed by atoms with Gasteiger partial charge in [0.2, 0.25) is 5.65 Å². The van der Waals surface area contributed by atoms with E-state index in [1.807, 2.05) is 6.92 Å². The second-order valence-corrected chi connectivity index (χ2v) is 7.63. The summed E-state index contributed by atoms with van der Waals surface area (Å²) in [6.07, 6.45) is 1.30. The number of hydrogen-bond donors (Lipinski definition) is 0. The minimum atomic E-state index is -0.426. The SMILES string of the molecule is Cc1cc(=O)oc2cc(OCC(=O)N3CCOC(COn4nnc5cccnc54)C3)ccc12. The molecule has 1 unspecified atom stereocenters. The summed E-state index contributed by atoms with van der Waals surface area (Å²) < 4.78 is 16.6. The van der Waals surface area contributed by atoms with Gasteiger partial charge in [0.25, 0.3) is 5.91 Å². The van der Waals surface area contributed by atoms with Crippen molar-refractivity contribution in [1.29, 1.82) is 0 Å². The van der Waals surface area contributed by atoms with Crippen LogP contribution in [0.2, 0.25) is 0 Å². The van der Waals surface area contributed by atoms with E-state index in [1.165, 1.54) is 10.9 Å². The van der Waals surface area contributed by atoms with Crippen molar-refractivity contribution >= 4 is 28.0 Å². The number of pyridine rings is 1. The molecule has 1 atom stereocenters. The van der Waals surface area contributed by atoms with Gasteiger partial charge in [0.05, 0.1) is 13.2 Å². The monoisotopic (exact) mass is 451 g/mol. The highest BCUT2D eigenvalue weighted by Gasteiger charge is 2.25. The lowest BCUT2D eigenvalue weighted by atomic mass is 10.1. The van der Waals surface area contributed by atoms with E-state index in [9.17, 15) is 9.59 Å². The molecule has 1 saturated heterocycles. The summed E-state index contributed by atoms with van der Waals surface area (Å²) in [5.41, 5.74) is 1.95. The quantitative estimate of drug-likeness (QED) is 0.395. The zero-order chi connectivity index (χ0) is 22.8. The smallest absolute Gasteiger partial charge is 0.336 e. The van der Waals surface area contributed by atoms with Gasteiger partial charge in [-0.05, 0) is 42.0 Å². The summed E-state index contributed by atoms with van der Waals surface area (Å²) in [5.74, 6) is 0.269. The lowest BCUT2D eigenvalue weighted by Gasteiger charge is -2.32. The molecule has 11 heteroatoms. The van der Waals surface area contributed by atoms with Crippen LogP contribution in [-0.2, 0) is 9.53 Å². The van der Waals surface area contributed by atoms with E-state index in [4.69, 9.17) is 18.7 Å². The van der Waals surface area contributed by atoms with Crippen LogP contribution in [0.5, 0.6) is 5.75 Å². The van der Waals surface area contributed by atoms with E-state index in [0.29, 0.717) is 42.2 Å². The van der Waals surface area contributed by atoms with Gasteiger partial charge >= 0.3 is 5.63 Å². The topological polar surface area (TPSA) is 122 Å². The third kappa shape index (κ3) is 4.48. The van der Waals surface area contributed by atoms with Crippen LogP contribution in [0.4, 0.5) is 0 Å². The molecule has 0 radical (unpaired) electrons. The number of ether oxygens (including phenoxy) is 2. The fraction of sp³-hybridized carbons (Fsp3) is 0.318. The largest absolute Gasteiger partial charge is 0.484 e. The van der Waals surface area contributed by atoms with Gasteiger partial charge in [-0.15, -0.1) is 5.10 Å². The fourth-order valence-corrected chi connectivity index (χ4v) is 3.66. The van der Waals surface area contributed by atoms with Gasteiger partial charge in [0.1, 0.15) is 29.6 Å². The Labute approximate surface area is 187 Å². The molecular formula is C22H21N5O6. The summed E-state index contributed by atoms with van der Waals surface area (Å²) in [4.78, 5) is 37.1. The Morgan fingerprint density at radius 3 is 3.09 bits per heavy atom. The average molecular weight is 451 g/mol. The Hall–Kier alpha value is -3.99. The van der Waals surface area contributed by atoms with Gasteiger partial charge in [-0.2, -0.15) is 0 Å². The standard InChI is InChI=1S/C22H21N5O6/c1-14-9-21(29)33-19-10-15(4-5-17(14)19)31-13-20(28)26-7-8-30-16(11-26)12-32-27-22-18(24-25-27)3-2-6-23-22/h2-6,9-10,16H,7-8,11-13H2,1H3. The molecule has 0 N–H and O–H groups in total. The first-order valence-corrected chi connectivity index (χ1v) is 10.4. The summed E-state index contributed by atoms with van der Waals surface area (Å²) in [5, 5.41) is 8.73. The van der Waals surface area contributed by atoms with Crippen molar-refractivity contribution in [3.63, 3.8) is 0 Å². The molecule has 0 saturated carbocycles. The normalized spacial score (nSPS) is 16.3. The molecule has 0 bridgehead atoms. The summed E-state index contributed by atoms with van der Waals surface area (Å²) >= 11 is 0. The second kappa shape index (κ2) is 8.87. The molecule has 1 aromatic carbocycles. The average Bonchev–Trinajstić information content (AvgIpc) is 3.24. The number of rotatable bonds is 6. The van der Waals surface area contributed by atoms with Gasteiger partial charge in [-0.1, -0.05) is 4.85 Å². The third-order valence-corrected chi connectivity index (χ3v) is 5.34. The fourth-order valence-electron chi connectivity index (χ4n) is 3.66. The summed E-state index contributed by atoms with van der Waals surface area (Å²) in [7, 11) is 0. The Morgan fingerprint density at radius 1 is 1.27 bits per heavy atom. The number of carbonyl (C=O) groups excluding carboxylic acids is 1. The van der Waals surface area contributed by atoms with Gasteiger partial charge in [0, 0.05) is 30.3 Å². The minimum absolute atomic E-state index is 0.146. The van der Waals surface area contributed by atoms with Crippen molar-refractivity contribution in [2.45, 2.75) is 13.0 Å². The lowest BCUT2D eigenvalue weighted by Crippen LogP contribution is -2.49. The van der Waals surface area contributed by atoms with Gasteiger partial charge in [0.15, 0.2) is 6.61 Å².